The third kappa shape index (κ3) is 6.07. The first-order valence-corrected chi connectivity index (χ1v) is 10.7. The van der Waals surface area contributed by atoms with Crippen LogP contribution in [0.3, 0.4) is 0 Å². The molecule has 0 spiro atoms. The van der Waals surface area contributed by atoms with E-state index < -0.39 is 10.0 Å². The lowest BCUT2D eigenvalue weighted by Crippen LogP contribution is -2.34. The van der Waals surface area contributed by atoms with Gasteiger partial charge >= 0.3 is 0 Å². The number of rotatable bonds is 9. The molecule has 0 unspecified atom stereocenters. The third-order valence-electron chi connectivity index (χ3n) is 4.37. The third-order valence-corrected chi connectivity index (χ3v) is 6.13. The minimum Gasteiger partial charge on any atom is -0.492 e. The summed E-state index contributed by atoms with van der Waals surface area (Å²) >= 11 is 0. The van der Waals surface area contributed by atoms with Gasteiger partial charge in [0, 0.05) is 20.0 Å². The lowest BCUT2D eigenvalue weighted by molar-refractivity contribution is -0.130. The number of aryl methyl sites for hydroxylation is 3. The van der Waals surface area contributed by atoms with Gasteiger partial charge in [-0.1, -0.05) is 35.9 Å². The maximum atomic E-state index is 12.6. The van der Waals surface area contributed by atoms with Crippen LogP contribution in [0.15, 0.2) is 47.4 Å². The Morgan fingerprint density at radius 2 is 1.68 bits per heavy atom. The predicted molar refractivity (Wildman–Crippen MR) is 110 cm³/mol. The van der Waals surface area contributed by atoms with Crippen LogP contribution < -0.4 is 9.46 Å². The number of carbonyl (C=O) groups is 1. The number of carbonyl (C=O) groups excluding carboxylic acids is 1. The van der Waals surface area contributed by atoms with E-state index in [0.29, 0.717) is 24.3 Å². The van der Waals surface area contributed by atoms with Crippen molar-refractivity contribution in [3.8, 4) is 5.75 Å². The van der Waals surface area contributed by atoms with E-state index in [1.807, 2.05) is 49.4 Å². The van der Waals surface area contributed by atoms with Gasteiger partial charge in [-0.05, 0) is 44.0 Å². The van der Waals surface area contributed by atoms with Crippen molar-refractivity contribution in [1.29, 1.82) is 0 Å². The number of hydrogen-bond acceptors (Lipinski definition) is 4. The van der Waals surface area contributed by atoms with Crippen LogP contribution >= 0.6 is 0 Å². The topological polar surface area (TPSA) is 75.7 Å². The highest BCUT2D eigenvalue weighted by Gasteiger charge is 2.20. The second-order valence-electron chi connectivity index (χ2n) is 6.85. The van der Waals surface area contributed by atoms with Gasteiger partial charge in [-0.25, -0.2) is 13.1 Å². The van der Waals surface area contributed by atoms with Gasteiger partial charge < -0.3 is 9.64 Å². The van der Waals surface area contributed by atoms with Crippen molar-refractivity contribution in [1.82, 2.24) is 9.62 Å². The summed E-state index contributed by atoms with van der Waals surface area (Å²) in [5.74, 6) is 0.608. The molecule has 1 N–H and O–H groups in total. The molecule has 0 aliphatic heterocycles. The standard InChI is InChI=1S/C21H28N2O4S/c1-16-14-17(2)21(18(3)15-16)28(25,26)22-11-10-20(24)23(4)12-13-27-19-8-6-5-7-9-19/h5-9,14-15,22H,10-13H2,1-4H3. The molecular weight excluding hydrogens is 376 g/mol. The van der Waals surface area contributed by atoms with Crippen molar-refractivity contribution in [2.75, 3.05) is 26.7 Å². The summed E-state index contributed by atoms with van der Waals surface area (Å²) < 4.78 is 33.3. The van der Waals surface area contributed by atoms with Crippen LogP contribution in [0.1, 0.15) is 23.1 Å². The molecule has 7 heteroatoms. The Labute approximate surface area is 167 Å². The van der Waals surface area contributed by atoms with Crippen LogP contribution in [0.5, 0.6) is 5.75 Å². The zero-order valence-electron chi connectivity index (χ0n) is 16.9. The molecule has 152 valence electrons. The van der Waals surface area contributed by atoms with Gasteiger partial charge in [-0.2, -0.15) is 0 Å². The SMILES string of the molecule is Cc1cc(C)c(S(=O)(=O)NCCC(=O)N(C)CCOc2ccccc2)c(C)c1. The summed E-state index contributed by atoms with van der Waals surface area (Å²) in [5, 5.41) is 0. The van der Waals surface area contributed by atoms with E-state index in [0.717, 1.165) is 11.3 Å². The molecule has 0 heterocycles. The minimum absolute atomic E-state index is 0.0534. The average Bonchev–Trinajstić information content (AvgIpc) is 2.61. The molecule has 0 aromatic heterocycles. The highest BCUT2D eigenvalue weighted by molar-refractivity contribution is 7.89. The molecular formula is C21H28N2O4S. The molecule has 2 aromatic carbocycles. The molecule has 2 rings (SSSR count). The number of likely N-dealkylation sites (N-methyl/N-ethyl adjacent to an activating group) is 1. The largest absolute Gasteiger partial charge is 0.492 e. The molecule has 0 saturated carbocycles. The Hall–Kier alpha value is -2.38. The van der Waals surface area contributed by atoms with Crippen molar-refractivity contribution >= 4 is 15.9 Å². The number of nitrogens with zero attached hydrogens (tertiary/aromatic N) is 1. The number of sulfonamides is 1. The summed E-state index contributed by atoms with van der Waals surface area (Å²) in [5.41, 5.74) is 2.42. The van der Waals surface area contributed by atoms with E-state index in [9.17, 15) is 13.2 Å². The maximum Gasteiger partial charge on any atom is 0.241 e. The molecule has 0 atom stereocenters. The van der Waals surface area contributed by atoms with Crippen LogP contribution in [-0.4, -0.2) is 46.0 Å². The lowest BCUT2D eigenvalue weighted by Gasteiger charge is -2.18. The second-order valence-corrected chi connectivity index (χ2v) is 8.56. The van der Waals surface area contributed by atoms with Crippen molar-refractivity contribution in [3.63, 3.8) is 0 Å². The van der Waals surface area contributed by atoms with Crippen LogP contribution in [-0.2, 0) is 14.8 Å². The molecule has 6 nitrogen and oxygen atoms in total. The number of hydrogen-bond donors (Lipinski definition) is 1. The fraction of sp³-hybridized carbons (Fsp3) is 0.381. The number of benzene rings is 2. The number of ether oxygens (including phenoxy) is 1. The van der Waals surface area contributed by atoms with Crippen LogP contribution in [0, 0.1) is 20.8 Å². The molecule has 0 aliphatic carbocycles. The molecule has 0 saturated heterocycles. The Kier molecular flexibility index (Phi) is 7.60. The van der Waals surface area contributed by atoms with Gasteiger partial charge in [0.25, 0.3) is 0 Å². The highest BCUT2D eigenvalue weighted by atomic mass is 32.2. The zero-order valence-corrected chi connectivity index (χ0v) is 17.7. The van der Waals surface area contributed by atoms with Crippen molar-refractivity contribution in [2.45, 2.75) is 32.1 Å². The van der Waals surface area contributed by atoms with Gasteiger partial charge in [0.1, 0.15) is 12.4 Å². The summed E-state index contributed by atoms with van der Waals surface area (Å²) in [4.78, 5) is 14.1. The average molecular weight is 405 g/mol. The van der Waals surface area contributed by atoms with Gasteiger partial charge in [-0.15, -0.1) is 0 Å². The number of para-hydroxylation sites is 1. The van der Waals surface area contributed by atoms with Crippen LogP contribution in [0.25, 0.3) is 0 Å². The number of amides is 1. The van der Waals surface area contributed by atoms with Crippen LogP contribution in [0.4, 0.5) is 0 Å². The van der Waals surface area contributed by atoms with Gasteiger partial charge in [0.05, 0.1) is 11.4 Å². The molecule has 0 aliphatic rings. The van der Waals surface area contributed by atoms with E-state index in [1.54, 1.807) is 25.8 Å². The first kappa shape index (κ1) is 21.9. The Bertz CT molecular complexity index is 888. The zero-order chi connectivity index (χ0) is 20.7. The Balaban J connectivity index is 1.82. The monoisotopic (exact) mass is 404 g/mol. The molecule has 2 aromatic rings. The maximum absolute atomic E-state index is 12.6. The molecule has 1 amide bonds. The highest BCUT2D eigenvalue weighted by Crippen LogP contribution is 2.21. The van der Waals surface area contributed by atoms with Gasteiger partial charge in [-0.3, -0.25) is 4.79 Å². The predicted octanol–water partition coefficient (Wildman–Crippen LogP) is 2.82. The van der Waals surface area contributed by atoms with E-state index in [-0.39, 0.29) is 23.8 Å². The smallest absolute Gasteiger partial charge is 0.241 e. The van der Waals surface area contributed by atoms with E-state index >= 15 is 0 Å². The summed E-state index contributed by atoms with van der Waals surface area (Å²) in [7, 11) is -1.98. The quantitative estimate of drug-likeness (QED) is 0.697. The Morgan fingerprint density at radius 1 is 1.07 bits per heavy atom. The summed E-state index contributed by atoms with van der Waals surface area (Å²) in [6.45, 7) is 6.34. The first-order chi connectivity index (χ1) is 13.2. The molecule has 0 bridgehead atoms. The van der Waals surface area contributed by atoms with E-state index in [4.69, 9.17) is 4.74 Å². The number of nitrogens with one attached hydrogen (secondary N) is 1. The first-order valence-electron chi connectivity index (χ1n) is 9.20. The van der Waals surface area contributed by atoms with E-state index in [1.165, 1.54) is 0 Å². The summed E-state index contributed by atoms with van der Waals surface area (Å²) in [6, 6.07) is 13.1. The van der Waals surface area contributed by atoms with Gasteiger partial charge in [0.2, 0.25) is 15.9 Å². The molecule has 0 radical (unpaired) electrons. The van der Waals surface area contributed by atoms with Crippen molar-refractivity contribution in [2.24, 2.45) is 0 Å². The summed E-state index contributed by atoms with van der Waals surface area (Å²) in [6.07, 6.45) is 0.0883. The fourth-order valence-corrected chi connectivity index (χ4v) is 4.57. The molecule has 0 fully saturated rings. The Morgan fingerprint density at radius 3 is 2.29 bits per heavy atom. The van der Waals surface area contributed by atoms with E-state index in [2.05, 4.69) is 4.72 Å². The molecule has 28 heavy (non-hydrogen) atoms. The van der Waals surface area contributed by atoms with Crippen molar-refractivity contribution < 1.29 is 17.9 Å². The minimum atomic E-state index is -3.66. The second kappa shape index (κ2) is 9.71. The van der Waals surface area contributed by atoms with Gasteiger partial charge in [0.15, 0.2) is 0 Å². The van der Waals surface area contributed by atoms with Crippen LogP contribution in [0.2, 0.25) is 0 Å². The lowest BCUT2D eigenvalue weighted by atomic mass is 10.1. The van der Waals surface area contributed by atoms with Crippen molar-refractivity contribution in [3.05, 3.63) is 59.2 Å². The normalized spacial score (nSPS) is 11.3. The fourth-order valence-electron chi connectivity index (χ4n) is 3.09.